The second kappa shape index (κ2) is 5.85. The van der Waals surface area contributed by atoms with E-state index in [1.54, 1.807) is 0 Å². The van der Waals surface area contributed by atoms with Crippen molar-refractivity contribution in [2.45, 2.75) is 39.0 Å². The van der Waals surface area contributed by atoms with E-state index in [4.69, 9.17) is 5.73 Å². The molecule has 0 spiro atoms. The smallest absolute Gasteiger partial charge is 0.0317 e. The summed E-state index contributed by atoms with van der Waals surface area (Å²) in [4.78, 5) is 1.52. The molecule has 0 aromatic carbocycles. The average Bonchev–Trinajstić information content (AvgIpc) is 2.74. The molecular weight excluding hydrogens is 294 g/mol. The Bertz CT molecular complexity index is 361. The number of thiophene rings is 1. The maximum Gasteiger partial charge on any atom is 0.0317 e. The van der Waals surface area contributed by atoms with E-state index in [9.17, 15) is 0 Å². The fraction of sp³-hybridized carbons (Fsp3) is 0.714. The Balaban J connectivity index is 2.18. The lowest BCUT2D eigenvalue weighted by Gasteiger charge is -2.37. The van der Waals surface area contributed by atoms with Crippen LogP contribution in [0.15, 0.2) is 15.9 Å². The minimum absolute atomic E-state index is 0.676. The predicted octanol–water partition coefficient (Wildman–Crippen LogP) is 4.63. The fourth-order valence-corrected chi connectivity index (χ4v) is 4.92. The van der Waals surface area contributed by atoms with Crippen molar-refractivity contribution in [1.82, 2.24) is 0 Å². The summed E-state index contributed by atoms with van der Waals surface area (Å²) in [5, 5.41) is 2.19. The topological polar surface area (TPSA) is 26.0 Å². The third-order valence-electron chi connectivity index (χ3n) is 4.26. The summed E-state index contributed by atoms with van der Waals surface area (Å²) >= 11 is 5.57. The molecule has 17 heavy (non-hydrogen) atoms. The van der Waals surface area contributed by atoms with Crippen LogP contribution in [-0.4, -0.2) is 6.54 Å². The minimum atomic E-state index is 0.676. The predicted molar refractivity (Wildman–Crippen MR) is 79.5 cm³/mol. The van der Waals surface area contributed by atoms with Crippen LogP contribution in [0.1, 0.15) is 43.9 Å². The SMILES string of the molecule is CC(C)C1CCC(CN)C(c2sccc2Br)C1. The molecular formula is C14H22BrNS. The standard InChI is InChI=1S/C14H22BrNS/c1-9(2)10-3-4-11(8-16)12(7-10)14-13(15)5-6-17-14/h5-6,9-12H,3-4,7-8,16H2,1-2H3. The van der Waals surface area contributed by atoms with E-state index < -0.39 is 0 Å². The van der Waals surface area contributed by atoms with Crippen LogP contribution in [0, 0.1) is 17.8 Å². The third-order valence-corrected chi connectivity index (χ3v) is 6.26. The summed E-state index contributed by atoms with van der Waals surface area (Å²) in [6.45, 7) is 5.54. The van der Waals surface area contributed by atoms with Crippen molar-refractivity contribution in [2.75, 3.05) is 6.54 Å². The van der Waals surface area contributed by atoms with Gasteiger partial charge in [0, 0.05) is 9.35 Å². The van der Waals surface area contributed by atoms with Gasteiger partial charge in [-0.3, -0.25) is 0 Å². The van der Waals surface area contributed by atoms with Gasteiger partial charge in [0.25, 0.3) is 0 Å². The first-order chi connectivity index (χ1) is 8.13. The molecule has 96 valence electrons. The molecule has 0 amide bonds. The Hall–Kier alpha value is 0.140. The second-order valence-electron chi connectivity index (χ2n) is 5.55. The molecule has 1 aliphatic carbocycles. The largest absolute Gasteiger partial charge is 0.330 e. The normalized spacial score (nSPS) is 29.8. The van der Waals surface area contributed by atoms with E-state index in [0.717, 1.165) is 18.4 Å². The Kier molecular flexibility index (Phi) is 4.67. The van der Waals surface area contributed by atoms with Gasteiger partial charge in [0.2, 0.25) is 0 Å². The van der Waals surface area contributed by atoms with Crippen molar-refractivity contribution in [3.63, 3.8) is 0 Å². The molecule has 0 bridgehead atoms. The first kappa shape index (κ1) is 13.6. The Labute approximate surface area is 117 Å². The van der Waals surface area contributed by atoms with Gasteiger partial charge in [0.1, 0.15) is 0 Å². The number of rotatable bonds is 3. The molecule has 1 nitrogen and oxygen atoms in total. The lowest BCUT2D eigenvalue weighted by atomic mass is 9.70. The van der Waals surface area contributed by atoms with E-state index in [0.29, 0.717) is 11.8 Å². The monoisotopic (exact) mass is 315 g/mol. The Morgan fingerprint density at radius 3 is 2.76 bits per heavy atom. The molecule has 1 saturated carbocycles. The minimum Gasteiger partial charge on any atom is -0.330 e. The van der Waals surface area contributed by atoms with Crippen LogP contribution in [0.3, 0.4) is 0 Å². The maximum atomic E-state index is 5.96. The van der Waals surface area contributed by atoms with Crippen LogP contribution >= 0.6 is 27.3 Å². The van der Waals surface area contributed by atoms with Gasteiger partial charge in [-0.15, -0.1) is 11.3 Å². The third kappa shape index (κ3) is 2.94. The van der Waals surface area contributed by atoms with E-state index in [1.165, 1.54) is 28.6 Å². The molecule has 0 saturated heterocycles. The molecule has 2 rings (SSSR count). The van der Waals surface area contributed by atoms with E-state index in [-0.39, 0.29) is 0 Å². The lowest BCUT2D eigenvalue weighted by molar-refractivity contribution is 0.199. The fourth-order valence-electron chi connectivity index (χ4n) is 3.04. The van der Waals surface area contributed by atoms with E-state index in [1.807, 2.05) is 11.3 Å². The quantitative estimate of drug-likeness (QED) is 0.865. The van der Waals surface area contributed by atoms with Crippen LogP contribution in [0.2, 0.25) is 0 Å². The van der Waals surface area contributed by atoms with E-state index in [2.05, 4.69) is 41.2 Å². The van der Waals surface area contributed by atoms with Crippen LogP contribution in [-0.2, 0) is 0 Å². The molecule has 0 radical (unpaired) electrons. The molecule has 3 atom stereocenters. The molecule has 3 heteroatoms. The van der Waals surface area contributed by atoms with E-state index >= 15 is 0 Å². The average molecular weight is 316 g/mol. The summed E-state index contributed by atoms with van der Waals surface area (Å²) < 4.78 is 1.29. The summed E-state index contributed by atoms with van der Waals surface area (Å²) in [6.07, 6.45) is 3.98. The zero-order valence-electron chi connectivity index (χ0n) is 10.7. The van der Waals surface area contributed by atoms with Gasteiger partial charge in [-0.25, -0.2) is 0 Å². The van der Waals surface area contributed by atoms with Gasteiger partial charge in [-0.1, -0.05) is 13.8 Å². The molecule has 3 unspecified atom stereocenters. The van der Waals surface area contributed by atoms with Gasteiger partial charge in [0.05, 0.1) is 0 Å². The highest BCUT2D eigenvalue weighted by atomic mass is 79.9. The molecule has 1 heterocycles. The van der Waals surface area contributed by atoms with Gasteiger partial charge in [-0.2, -0.15) is 0 Å². The van der Waals surface area contributed by atoms with Crippen LogP contribution in [0.25, 0.3) is 0 Å². The highest BCUT2D eigenvalue weighted by molar-refractivity contribution is 9.10. The van der Waals surface area contributed by atoms with Gasteiger partial charge >= 0.3 is 0 Å². The zero-order valence-corrected chi connectivity index (χ0v) is 13.1. The van der Waals surface area contributed by atoms with Gasteiger partial charge in [-0.05, 0) is 76.9 Å². The first-order valence-electron chi connectivity index (χ1n) is 6.56. The highest BCUT2D eigenvalue weighted by Gasteiger charge is 2.33. The van der Waals surface area contributed by atoms with Crippen LogP contribution < -0.4 is 5.73 Å². The van der Waals surface area contributed by atoms with Crippen molar-refractivity contribution >= 4 is 27.3 Å². The Morgan fingerprint density at radius 2 is 2.24 bits per heavy atom. The molecule has 2 N–H and O–H groups in total. The summed E-state index contributed by atoms with van der Waals surface area (Å²) in [7, 11) is 0. The second-order valence-corrected chi connectivity index (χ2v) is 7.35. The lowest BCUT2D eigenvalue weighted by Crippen LogP contribution is -2.30. The van der Waals surface area contributed by atoms with Crippen molar-refractivity contribution in [3.8, 4) is 0 Å². The van der Waals surface area contributed by atoms with Crippen molar-refractivity contribution in [2.24, 2.45) is 23.5 Å². The highest BCUT2D eigenvalue weighted by Crippen LogP contribution is 2.46. The van der Waals surface area contributed by atoms with Crippen molar-refractivity contribution < 1.29 is 0 Å². The summed E-state index contributed by atoms with van der Waals surface area (Å²) in [5.41, 5.74) is 5.96. The molecule has 1 aromatic rings. The molecule has 1 aromatic heterocycles. The number of halogens is 1. The number of nitrogens with two attached hydrogens (primary N) is 1. The number of hydrogen-bond donors (Lipinski definition) is 1. The summed E-state index contributed by atoms with van der Waals surface area (Å²) in [5.74, 6) is 3.03. The molecule has 0 aliphatic heterocycles. The molecule has 1 aliphatic rings. The first-order valence-corrected chi connectivity index (χ1v) is 8.23. The molecule has 1 fully saturated rings. The Morgan fingerprint density at radius 1 is 1.47 bits per heavy atom. The van der Waals surface area contributed by atoms with Gasteiger partial charge in [0.15, 0.2) is 0 Å². The van der Waals surface area contributed by atoms with Gasteiger partial charge < -0.3 is 5.73 Å². The number of hydrogen-bond acceptors (Lipinski definition) is 2. The maximum absolute atomic E-state index is 5.96. The van der Waals surface area contributed by atoms with Crippen molar-refractivity contribution in [3.05, 3.63) is 20.8 Å². The van der Waals surface area contributed by atoms with Crippen molar-refractivity contribution in [1.29, 1.82) is 0 Å². The summed E-state index contributed by atoms with van der Waals surface area (Å²) in [6, 6.07) is 2.17. The van der Waals surface area contributed by atoms with Crippen LogP contribution in [0.4, 0.5) is 0 Å². The zero-order chi connectivity index (χ0) is 12.4. The van der Waals surface area contributed by atoms with Crippen LogP contribution in [0.5, 0.6) is 0 Å².